The molecular weight excluding hydrogens is 461 g/mol. The highest BCUT2D eigenvalue weighted by atomic mass is 127. The molecule has 0 radical (unpaired) electrons. The summed E-state index contributed by atoms with van der Waals surface area (Å²) in [5, 5.41) is 17.2. The summed E-state index contributed by atoms with van der Waals surface area (Å²) in [7, 11) is 3.12. The summed E-state index contributed by atoms with van der Waals surface area (Å²) < 4.78 is 0.345. The van der Waals surface area contributed by atoms with Gasteiger partial charge in [-0.3, -0.25) is 4.79 Å². The molecule has 0 bridgehead atoms. The molecule has 24 heavy (non-hydrogen) atoms. The van der Waals surface area contributed by atoms with Crippen LogP contribution in [-0.2, 0) is 0 Å². The lowest BCUT2D eigenvalue weighted by Gasteiger charge is -2.09. The topological polar surface area (TPSA) is 111 Å². The van der Waals surface area contributed by atoms with Crippen molar-refractivity contribution in [3.63, 3.8) is 0 Å². The first-order valence-electron chi connectivity index (χ1n) is 6.68. The van der Waals surface area contributed by atoms with Crippen molar-refractivity contribution in [3.8, 4) is 5.75 Å². The Balaban J connectivity index is 1.84. The van der Waals surface area contributed by atoms with Gasteiger partial charge in [-0.05, 0) is 57.1 Å². The van der Waals surface area contributed by atoms with Crippen LogP contribution in [0.25, 0.3) is 10.4 Å². The molecule has 1 aromatic heterocycles. The van der Waals surface area contributed by atoms with Gasteiger partial charge >= 0.3 is 0 Å². The van der Waals surface area contributed by atoms with Gasteiger partial charge in [0.05, 0.1) is 14.8 Å². The predicted octanol–water partition coefficient (Wildman–Crippen LogP) is 4.50. The third kappa shape index (κ3) is 5.20. The first kappa shape index (κ1) is 18.7. The minimum absolute atomic E-state index is 0.152. The van der Waals surface area contributed by atoms with Gasteiger partial charge in [-0.1, -0.05) is 28.0 Å². The molecule has 0 aliphatic heterocycles. The van der Waals surface area contributed by atoms with Crippen molar-refractivity contribution in [2.45, 2.75) is 5.03 Å². The van der Waals surface area contributed by atoms with Crippen molar-refractivity contribution >= 4 is 55.8 Å². The third-order valence-electron chi connectivity index (χ3n) is 2.75. The van der Waals surface area contributed by atoms with Crippen LogP contribution < -0.4 is 5.32 Å². The monoisotopic (exact) mass is 473 g/mol. The summed E-state index contributed by atoms with van der Waals surface area (Å²) in [5.41, 5.74) is 8.89. The van der Waals surface area contributed by atoms with Crippen LogP contribution in [0.3, 0.4) is 0 Å². The second-order valence-corrected chi connectivity index (χ2v) is 7.83. The van der Waals surface area contributed by atoms with Crippen LogP contribution in [0.15, 0.2) is 46.7 Å². The highest BCUT2D eigenvalue weighted by Crippen LogP contribution is 2.33. The Morgan fingerprint density at radius 3 is 2.96 bits per heavy atom. The summed E-state index contributed by atoms with van der Waals surface area (Å²) in [6.07, 6.45) is 1.73. The lowest BCUT2D eigenvalue weighted by Crippen LogP contribution is -2.25. The minimum atomic E-state index is -0.374. The molecule has 0 spiro atoms. The number of azide groups is 1. The Bertz CT molecular complexity index is 769. The summed E-state index contributed by atoms with van der Waals surface area (Å²) in [6, 6.07) is 8.63. The van der Waals surface area contributed by atoms with E-state index >= 15 is 0 Å². The van der Waals surface area contributed by atoms with Gasteiger partial charge in [0.2, 0.25) is 0 Å². The molecule has 7 nitrogen and oxygen atoms in total. The molecule has 1 amide bonds. The van der Waals surface area contributed by atoms with Crippen molar-refractivity contribution in [1.82, 2.24) is 10.3 Å². The van der Waals surface area contributed by atoms with Crippen molar-refractivity contribution in [2.24, 2.45) is 5.11 Å². The molecule has 124 valence electrons. The largest absolute Gasteiger partial charge is 0.506 e. The number of rotatable bonds is 7. The maximum Gasteiger partial charge on any atom is 0.255 e. The molecule has 0 saturated heterocycles. The molecule has 1 aromatic carbocycles. The minimum Gasteiger partial charge on any atom is -0.506 e. The molecule has 0 unspecified atom stereocenters. The van der Waals surface area contributed by atoms with Crippen LogP contribution >= 0.6 is 44.2 Å². The van der Waals surface area contributed by atoms with E-state index in [9.17, 15) is 9.90 Å². The van der Waals surface area contributed by atoms with E-state index < -0.39 is 0 Å². The average molecular weight is 473 g/mol. The number of phenols is 1. The number of nitrogens with one attached hydrogen (secondary N) is 1. The first-order valence-corrected chi connectivity index (χ1v) is 10.1. The van der Waals surface area contributed by atoms with Gasteiger partial charge in [0.15, 0.2) is 0 Å². The molecule has 2 rings (SSSR count). The van der Waals surface area contributed by atoms with Crippen LogP contribution in [-0.4, -0.2) is 28.3 Å². The number of pyridine rings is 1. The second-order valence-electron chi connectivity index (χ2n) is 4.31. The molecule has 1 heterocycles. The number of hydrogen-bond donors (Lipinski definition) is 2. The lowest BCUT2D eigenvalue weighted by atomic mass is 10.1. The first-order chi connectivity index (χ1) is 11.6. The number of carbonyl (C=O) groups excluding carboxylic acids is 1. The Labute approximate surface area is 159 Å². The van der Waals surface area contributed by atoms with Gasteiger partial charge in [-0.15, -0.1) is 0 Å². The van der Waals surface area contributed by atoms with Crippen molar-refractivity contribution in [2.75, 3.05) is 12.3 Å². The number of carbonyl (C=O) groups is 1. The molecule has 0 aliphatic carbocycles. The zero-order valence-corrected chi connectivity index (χ0v) is 16.0. The third-order valence-corrected chi connectivity index (χ3v) is 6.08. The fourth-order valence-electron chi connectivity index (χ4n) is 1.66. The number of aromatic nitrogens is 1. The molecule has 2 aromatic rings. The SMILES string of the molecule is [N-]=[N+]=Nc1ccc(C(=O)NCCSSc2ccccn2)c(O)c1I. The van der Waals surface area contributed by atoms with Crippen molar-refractivity contribution < 1.29 is 9.90 Å². The van der Waals surface area contributed by atoms with Gasteiger partial charge in [0.1, 0.15) is 10.8 Å². The van der Waals surface area contributed by atoms with Crippen LogP contribution in [0, 0.1) is 3.57 Å². The van der Waals surface area contributed by atoms with E-state index in [1.165, 1.54) is 22.9 Å². The van der Waals surface area contributed by atoms with Crippen LogP contribution in [0.1, 0.15) is 10.4 Å². The van der Waals surface area contributed by atoms with E-state index in [1.54, 1.807) is 17.0 Å². The van der Waals surface area contributed by atoms with Crippen molar-refractivity contribution in [3.05, 3.63) is 56.1 Å². The Morgan fingerprint density at radius 1 is 1.42 bits per heavy atom. The van der Waals surface area contributed by atoms with E-state index in [0.717, 1.165) is 5.03 Å². The summed E-state index contributed by atoms with van der Waals surface area (Å²) in [5.74, 6) is 0.136. The number of phenolic OH excluding ortho intramolecular Hbond substituents is 1. The van der Waals surface area contributed by atoms with Gasteiger partial charge in [0, 0.05) is 23.4 Å². The maximum atomic E-state index is 12.1. The van der Waals surface area contributed by atoms with Gasteiger partial charge < -0.3 is 10.4 Å². The zero-order chi connectivity index (χ0) is 17.4. The van der Waals surface area contributed by atoms with E-state index in [4.69, 9.17) is 5.53 Å². The lowest BCUT2D eigenvalue weighted by molar-refractivity contribution is 0.0953. The fourth-order valence-corrected chi connectivity index (χ4v) is 4.03. The normalized spacial score (nSPS) is 10.0. The zero-order valence-electron chi connectivity index (χ0n) is 12.2. The average Bonchev–Trinajstić information content (AvgIpc) is 2.60. The van der Waals surface area contributed by atoms with Crippen LogP contribution in [0.5, 0.6) is 5.75 Å². The Hall–Kier alpha value is -1.62. The highest BCUT2D eigenvalue weighted by Gasteiger charge is 2.15. The number of aromatic hydroxyl groups is 1. The Morgan fingerprint density at radius 2 is 2.25 bits per heavy atom. The summed E-state index contributed by atoms with van der Waals surface area (Å²) in [4.78, 5) is 19.0. The van der Waals surface area contributed by atoms with E-state index in [0.29, 0.717) is 15.9 Å². The molecule has 0 aliphatic rings. The van der Waals surface area contributed by atoms with E-state index in [-0.39, 0.29) is 22.9 Å². The number of hydrogen-bond acceptors (Lipinski definition) is 6. The van der Waals surface area contributed by atoms with Crippen LogP contribution in [0.2, 0.25) is 0 Å². The fraction of sp³-hybridized carbons (Fsp3) is 0.143. The predicted molar refractivity (Wildman–Crippen MR) is 105 cm³/mol. The van der Waals surface area contributed by atoms with Gasteiger partial charge in [0.25, 0.3) is 5.91 Å². The molecule has 0 atom stereocenters. The van der Waals surface area contributed by atoms with Crippen LogP contribution in [0.4, 0.5) is 5.69 Å². The molecular formula is C14H12IN5O2S2. The molecule has 0 saturated carbocycles. The standard InChI is InChI=1S/C14H12IN5O2S2/c15-12-10(19-20-16)5-4-9(13(12)21)14(22)18-7-8-23-24-11-3-1-2-6-17-11/h1-6,21H,7-8H2,(H,18,22). The number of nitrogens with zero attached hydrogens (tertiary/aromatic N) is 4. The smallest absolute Gasteiger partial charge is 0.255 e. The quantitative estimate of drug-likeness (QED) is 0.154. The van der Waals surface area contributed by atoms with E-state index in [1.807, 2.05) is 40.8 Å². The number of halogens is 1. The maximum absolute atomic E-state index is 12.1. The van der Waals surface area contributed by atoms with Gasteiger partial charge in [-0.25, -0.2) is 4.98 Å². The molecule has 0 fully saturated rings. The summed E-state index contributed by atoms with van der Waals surface area (Å²) >= 11 is 1.84. The highest BCUT2D eigenvalue weighted by molar-refractivity contribution is 14.1. The van der Waals surface area contributed by atoms with E-state index in [2.05, 4.69) is 20.3 Å². The van der Waals surface area contributed by atoms with Crippen molar-refractivity contribution in [1.29, 1.82) is 0 Å². The summed E-state index contributed by atoms with van der Waals surface area (Å²) in [6.45, 7) is 0.456. The second kappa shape index (κ2) is 9.62. The Kier molecular flexibility index (Phi) is 7.50. The van der Waals surface area contributed by atoms with Gasteiger partial charge in [-0.2, -0.15) is 0 Å². The molecule has 2 N–H and O–H groups in total. The molecule has 10 heteroatoms. The number of benzene rings is 1. The number of amides is 1.